The number of H-pyrrole nitrogens is 1. The number of rotatable bonds is 6. The topological polar surface area (TPSA) is 107 Å². The second-order valence-corrected chi connectivity index (χ2v) is 7.83. The highest BCUT2D eigenvalue weighted by atomic mass is 16.6. The molecule has 33 heavy (non-hydrogen) atoms. The molecule has 0 radical (unpaired) electrons. The number of hydrogen-bond donors (Lipinski definition) is 1. The summed E-state index contributed by atoms with van der Waals surface area (Å²) in [5, 5.41) is 11.5. The second kappa shape index (κ2) is 8.23. The summed E-state index contributed by atoms with van der Waals surface area (Å²) >= 11 is 0. The highest BCUT2D eigenvalue weighted by molar-refractivity contribution is 5.68. The van der Waals surface area contributed by atoms with Gasteiger partial charge in [-0.1, -0.05) is 42.5 Å². The maximum Gasteiger partial charge on any atom is 0.278 e. The Balaban J connectivity index is 1.70. The zero-order valence-electron chi connectivity index (χ0n) is 17.8. The third-order valence-corrected chi connectivity index (χ3v) is 5.69. The van der Waals surface area contributed by atoms with Crippen molar-refractivity contribution in [2.75, 3.05) is 0 Å². The Bertz CT molecular complexity index is 1470. The van der Waals surface area contributed by atoms with Gasteiger partial charge in [0.15, 0.2) is 5.82 Å². The predicted octanol–water partition coefficient (Wildman–Crippen LogP) is 4.66. The van der Waals surface area contributed by atoms with E-state index in [4.69, 9.17) is 4.42 Å². The van der Waals surface area contributed by atoms with Gasteiger partial charge in [0.2, 0.25) is 0 Å². The molecule has 0 spiro atoms. The molecule has 0 saturated carbocycles. The first-order valence-corrected chi connectivity index (χ1v) is 10.4. The van der Waals surface area contributed by atoms with Crippen LogP contribution in [0.2, 0.25) is 0 Å². The smallest absolute Gasteiger partial charge is 0.278 e. The van der Waals surface area contributed by atoms with Crippen LogP contribution in [0, 0.1) is 17.0 Å². The maximum absolute atomic E-state index is 13.2. The van der Waals surface area contributed by atoms with E-state index in [9.17, 15) is 14.9 Å². The van der Waals surface area contributed by atoms with Crippen LogP contribution in [0.5, 0.6) is 0 Å². The Hall–Kier alpha value is -4.46. The summed E-state index contributed by atoms with van der Waals surface area (Å²) in [7, 11) is 0. The summed E-state index contributed by atoms with van der Waals surface area (Å²) < 4.78 is 6.91. The molecule has 5 rings (SSSR count). The average Bonchev–Trinajstić information content (AvgIpc) is 3.43. The van der Waals surface area contributed by atoms with E-state index in [1.807, 2.05) is 30.3 Å². The Labute approximate surface area is 188 Å². The lowest BCUT2D eigenvalue weighted by Gasteiger charge is -2.14. The van der Waals surface area contributed by atoms with Gasteiger partial charge in [0.05, 0.1) is 29.0 Å². The molecule has 0 fully saturated rings. The number of nitro groups is 1. The van der Waals surface area contributed by atoms with Crippen LogP contribution < -0.4 is 5.56 Å². The van der Waals surface area contributed by atoms with Crippen LogP contribution in [-0.2, 0) is 12.8 Å². The van der Waals surface area contributed by atoms with Gasteiger partial charge in [-0.2, -0.15) is 0 Å². The van der Waals surface area contributed by atoms with E-state index in [2.05, 4.69) is 9.97 Å². The van der Waals surface area contributed by atoms with Gasteiger partial charge < -0.3 is 9.40 Å². The number of aromatic nitrogens is 3. The molecule has 0 amide bonds. The van der Waals surface area contributed by atoms with Crippen LogP contribution in [0.25, 0.3) is 17.1 Å². The lowest BCUT2D eigenvalue weighted by molar-refractivity contribution is -0.385. The molecule has 8 heteroatoms. The molecule has 164 valence electrons. The largest absolute Gasteiger partial charge is 0.469 e. The molecule has 0 unspecified atom stereocenters. The van der Waals surface area contributed by atoms with Crippen LogP contribution in [0.15, 0.2) is 82.3 Å². The molecule has 2 aromatic carbocycles. The maximum atomic E-state index is 13.2. The molecule has 0 aliphatic carbocycles. The SMILES string of the molecule is Cc1c(-c2cn3c(=O)c(Cc4ccco4)nc-3c(Cc3ccccc3)[nH]2)cccc1[N+](=O)[O-]. The number of nitrogens with one attached hydrogen (secondary N) is 1. The van der Waals surface area contributed by atoms with Gasteiger partial charge in [0.1, 0.15) is 11.5 Å². The van der Waals surface area contributed by atoms with Gasteiger partial charge in [-0.05, 0) is 24.6 Å². The number of fused-ring (bicyclic) bond motifs is 1. The number of furan rings is 1. The van der Waals surface area contributed by atoms with E-state index in [-0.39, 0.29) is 17.7 Å². The van der Waals surface area contributed by atoms with Crippen LogP contribution in [0.3, 0.4) is 0 Å². The van der Waals surface area contributed by atoms with Crippen molar-refractivity contribution in [1.82, 2.24) is 14.5 Å². The lowest BCUT2D eigenvalue weighted by Crippen LogP contribution is -2.18. The fourth-order valence-corrected chi connectivity index (χ4v) is 4.04. The van der Waals surface area contributed by atoms with Gasteiger partial charge in [-0.15, -0.1) is 0 Å². The monoisotopic (exact) mass is 440 g/mol. The van der Waals surface area contributed by atoms with Crippen molar-refractivity contribution in [2.24, 2.45) is 0 Å². The first kappa shape index (κ1) is 20.4. The fourth-order valence-electron chi connectivity index (χ4n) is 4.04. The van der Waals surface area contributed by atoms with Crippen molar-refractivity contribution in [1.29, 1.82) is 0 Å². The molecule has 3 aromatic rings. The van der Waals surface area contributed by atoms with E-state index in [1.165, 1.54) is 10.6 Å². The highest BCUT2D eigenvalue weighted by Gasteiger charge is 2.22. The third-order valence-electron chi connectivity index (χ3n) is 5.69. The van der Waals surface area contributed by atoms with Gasteiger partial charge >= 0.3 is 0 Å². The van der Waals surface area contributed by atoms with Gasteiger partial charge in [-0.25, -0.2) is 4.98 Å². The van der Waals surface area contributed by atoms with Crippen LogP contribution in [0.1, 0.15) is 28.3 Å². The van der Waals surface area contributed by atoms with Crippen LogP contribution >= 0.6 is 0 Å². The second-order valence-electron chi connectivity index (χ2n) is 7.83. The van der Waals surface area contributed by atoms with Crippen LogP contribution in [0.4, 0.5) is 5.69 Å². The lowest BCUT2D eigenvalue weighted by atomic mass is 10.0. The first-order valence-electron chi connectivity index (χ1n) is 10.4. The number of nitro benzene ring substituents is 1. The summed E-state index contributed by atoms with van der Waals surface area (Å²) in [6.07, 6.45) is 4.02. The highest BCUT2D eigenvalue weighted by Crippen LogP contribution is 2.30. The summed E-state index contributed by atoms with van der Waals surface area (Å²) in [4.78, 5) is 32.3. The van der Waals surface area contributed by atoms with Crippen molar-refractivity contribution in [3.63, 3.8) is 0 Å². The minimum atomic E-state index is -0.403. The standard InChI is InChI=1S/C25H20N4O4/c1-16-19(10-5-11-23(16)29(31)32)22-15-28-24(20(26-22)13-17-7-3-2-4-8-17)27-21(25(28)30)14-18-9-6-12-33-18/h2-12,15,26H,13-14H2,1H3. The third kappa shape index (κ3) is 3.82. The molecule has 1 aromatic heterocycles. The summed E-state index contributed by atoms with van der Waals surface area (Å²) in [5.41, 5.74) is 3.73. The van der Waals surface area contributed by atoms with Crippen molar-refractivity contribution in [2.45, 2.75) is 19.8 Å². The summed E-state index contributed by atoms with van der Waals surface area (Å²) in [6, 6.07) is 18.3. The molecule has 0 bridgehead atoms. The van der Waals surface area contributed by atoms with E-state index >= 15 is 0 Å². The van der Waals surface area contributed by atoms with Gasteiger partial charge in [-0.3, -0.25) is 19.5 Å². The van der Waals surface area contributed by atoms with E-state index in [0.29, 0.717) is 40.5 Å². The minimum absolute atomic E-state index is 0.0251. The minimum Gasteiger partial charge on any atom is -0.469 e. The molecule has 0 saturated heterocycles. The zero-order chi connectivity index (χ0) is 22.9. The molecular formula is C25H20N4O4. The first-order chi connectivity index (χ1) is 16.0. The zero-order valence-corrected chi connectivity index (χ0v) is 17.8. The number of hydrogen-bond acceptors (Lipinski definition) is 5. The Kier molecular flexibility index (Phi) is 5.10. The molecule has 2 aliphatic heterocycles. The number of aromatic amines is 1. The fraction of sp³-hybridized carbons (Fsp3) is 0.120. The van der Waals surface area contributed by atoms with E-state index in [0.717, 1.165) is 11.3 Å². The Morgan fingerprint density at radius 3 is 2.61 bits per heavy atom. The molecule has 0 atom stereocenters. The van der Waals surface area contributed by atoms with Gasteiger partial charge in [0, 0.05) is 29.8 Å². The summed E-state index contributed by atoms with van der Waals surface area (Å²) in [6.45, 7) is 1.71. The number of imidazole rings is 1. The molecule has 8 nitrogen and oxygen atoms in total. The molecule has 1 N–H and O–H groups in total. The molecule has 3 heterocycles. The van der Waals surface area contributed by atoms with Gasteiger partial charge in [0.25, 0.3) is 11.2 Å². The van der Waals surface area contributed by atoms with E-state index < -0.39 is 4.92 Å². The quantitative estimate of drug-likeness (QED) is 0.305. The Morgan fingerprint density at radius 1 is 1.06 bits per heavy atom. The molecular weight excluding hydrogens is 420 g/mol. The van der Waals surface area contributed by atoms with Crippen LogP contribution in [-0.4, -0.2) is 19.5 Å². The summed E-state index contributed by atoms with van der Waals surface area (Å²) in [5.74, 6) is 1.18. The van der Waals surface area contributed by atoms with Crippen molar-refractivity contribution in [3.05, 3.63) is 122 Å². The number of nitrogens with zero attached hydrogens (tertiary/aromatic N) is 3. The Morgan fingerprint density at radius 2 is 1.88 bits per heavy atom. The van der Waals surface area contributed by atoms with E-state index in [1.54, 1.807) is 43.6 Å². The number of benzene rings is 2. The van der Waals surface area contributed by atoms with Crippen molar-refractivity contribution >= 4 is 5.69 Å². The average molecular weight is 440 g/mol. The molecule has 2 aliphatic rings. The predicted molar refractivity (Wildman–Crippen MR) is 123 cm³/mol. The normalized spacial score (nSPS) is 11.2. The van der Waals surface area contributed by atoms with Crippen molar-refractivity contribution in [3.8, 4) is 17.1 Å². The van der Waals surface area contributed by atoms with Crippen molar-refractivity contribution < 1.29 is 9.34 Å².